The molecule has 3 nitrogen and oxygen atoms in total. The van der Waals surface area contributed by atoms with E-state index in [1.54, 1.807) is 0 Å². The van der Waals surface area contributed by atoms with Crippen molar-refractivity contribution in [2.24, 2.45) is 0 Å². The molecule has 0 spiro atoms. The number of para-hydroxylation sites is 1. The standard InChI is InChI=1S/C31H30BNO2S/c1-7-8-11-23-20(2)36-29-17-15-22(19-26(23)29)33-27-13-10-9-12-24(27)25-18-21(14-16-28(25)33)32-34-30(3,4)31(5,6)35-32/h7-19H,1H2,2-6H3/b11-8-. The van der Waals surface area contributed by atoms with E-state index in [9.17, 15) is 0 Å². The molecule has 6 rings (SSSR count). The van der Waals surface area contributed by atoms with Crippen LogP contribution >= 0.6 is 11.3 Å². The van der Waals surface area contributed by atoms with E-state index in [4.69, 9.17) is 9.31 Å². The number of fused-ring (bicyclic) bond motifs is 4. The first-order chi connectivity index (χ1) is 17.2. The molecule has 0 saturated carbocycles. The Morgan fingerprint density at radius 2 is 1.58 bits per heavy atom. The number of hydrogen-bond donors (Lipinski definition) is 0. The highest BCUT2D eigenvalue weighted by Crippen LogP contribution is 2.39. The number of benzene rings is 3. The Bertz CT molecular complexity index is 1670. The summed E-state index contributed by atoms with van der Waals surface area (Å²) in [4.78, 5) is 1.31. The molecule has 0 radical (unpaired) electrons. The highest BCUT2D eigenvalue weighted by atomic mass is 32.1. The summed E-state index contributed by atoms with van der Waals surface area (Å²) < 4.78 is 16.4. The lowest BCUT2D eigenvalue weighted by atomic mass is 9.78. The molecular weight excluding hydrogens is 461 g/mol. The Morgan fingerprint density at radius 1 is 0.861 bits per heavy atom. The van der Waals surface area contributed by atoms with E-state index in [1.165, 1.54) is 42.3 Å². The quantitative estimate of drug-likeness (QED) is 0.189. The fourth-order valence-corrected chi connectivity index (χ4v) is 6.16. The van der Waals surface area contributed by atoms with Crippen LogP contribution in [0.4, 0.5) is 0 Å². The van der Waals surface area contributed by atoms with Gasteiger partial charge in [0.1, 0.15) is 0 Å². The number of aromatic nitrogens is 1. The van der Waals surface area contributed by atoms with Crippen LogP contribution in [0.15, 0.2) is 79.4 Å². The van der Waals surface area contributed by atoms with E-state index in [0.717, 1.165) is 11.2 Å². The van der Waals surface area contributed by atoms with Gasteiger partial charge in [-0.15, -0.1) is 11.3 Å². The summed E-state index contributed by atoms with van der Waals surface area (Å²) in [5.41, 5.74) is 5.09. The second kappa shape index (κ2) is 8.20. The molecule has 0 aliphatic carbocycles. The Labute approximate surface area is 216 Å². The van der Waals surface area contributed by atoms with Crippen molar-refractivity contribution in [1.82, 2.24) is 4.57 Å². The Morgan fingerprint density at radius 3 is 2.33 bits per heavy atom. The van der Waals surface area contributed by atoms with Crippen molar-refractivity contribution in [3.63, 3.8) is 0 Å². The Kier molecular flexibility index (Phi) is 5.31. The van der Waals surface area contributed by atoms with Crippen molar-refractivity contribution in [3.05, 3.63) is 89.8 Å². The Balaban J connectivity index is 1.54. The maximum absolute atomic E-state index is 6.36. The summed E-state index contributed by atoms with van der Waals surface area (Å²) in [6.45, 7) is 14.4. The molecule has 3 heterocycles. The molecule has 0 bridgehead atoms. The molecule has 1 fully saturated rings. The zero-order valence-corrected chi connectivity index (χ0v) is 22.3. The summed E-state index contributed by atoms with van der Waals surface area (Å²) in [7, 11) is -0.383. The predicted octanol–water partition coefficient (Wildman–Crippen LogP) is 7.81. The van der Waals surface area contributed by atoms with Gasteiger partial charge in [0.15, 0.2) is 0 Å². The molecule has 5 aromatic rings. The largest absolute Gasteiger partial charge is 0.494 e. The SMILES string of the molecule is C=C/C=C\c1c(C)sc2ccc(-n3c4ccccc4c4cc(B5OC(C)(C)C(C)(C)O5)ccc43)cc12. The summed E-state index contributed by atoms with van der Waals surface area (Å²) in [5, 5.41) is 3.69. The molecule has 0 atom stereocenters. The molecule has 1 aliphatic heterocycles. The first kappa shape index (κ1) is 23.3. The van der Waals surface area contributed by atoms with Crippen LogP contribution in [-0.4, -0.2) is 22.9 Å². The average molecular weight is 491 g/mol. The molecule has 0 amide bonds. The summed E-state index contributed by atoms with van der Waals surface area (Å²) in [6, 6.07) is 22.0. The lowest BCUT2D eigenvalue weighted by molar-refractivity contribution is 0.00578. The first-order valence-corrected chi connectivity index (χ1v) is 13.2. The number of allylic oxidation sites excluding steroid dienone is 2. The lowest BCUT2D eigenvalue weighted by Crippen LogP contribution is -2.41. The number of hydrogen-bond acceptors (Lipinski definition) is 3. The third kappa shape index (κ3) is 3.49. The molecule has 0 N–H and O–H groups in total. The predicted molar refractivity (Wildman–Crippen MR) is 156 cm³/mol. The van der Waals surface area contributed by atoms with Gasteiger partial charge < -0.3 is 13.9 Å². The molecule has 36 heavy (non-hydrogen) atoms. The Hall–Kier alpha value is -3.12. The number of thiophene rings is 1. The van der Waals surface area contributed by atoms with Gasteiger partial charge in [-0.1, -0.05) is 55.1 Å². The zero-order valence-electron chi connectivity index (χ0n) is 21.5. The number of rotatable bonds is 4. The molecule has 1 aliphatic rings. The maximum Gasteiger partial charge on any atom is 0.494 e. The van der Waals surface area contributed by atoms with Crippen LogP contribution < -0.4 is 5.46 Å². The van der Waals surface area contributed by atoms with Crippen LogP contribution in [0.5, 0.6) is 0 Å². The second-order valence-corrected chi connectivity index (χ2v) is 11.8. The number of aryl methyl sites for hydroxylation is 1. The van der Waals surface area contributed by atoms with Crippen LogP contribution in [0, 0.1) is 6.92 Å². The van der Waals surface area contributed by atoms with Crippen LogP contribution in [0.3, 0.4) is 0 Å². The van der Waals surface area contributed by atoms with Gasteiger partial charge in [-0.25, -0.2) is 0 Å². The average Bonchev–Trinajstić information content (AvgIpc) is 3.42. The summed E-state index contributed by atoms with van der Waals surface area (Å²) >= 11 is 1.84. The monoisotopic (exact) mass is 491 g/mol. The van der Waals surface area contributed by atoms with E-state index in [2.05, 4.69) is 113 Å². The van der Waals surface area contributed by atoms with E-state index in [1.807, 2.05) is 23.5 Å². The molecule has 3 aromatic carbocycles. The molecule has 5 heteroatoms. The fourth-order valence-electron chi connectivity index (χ4n) is 5.13. The molecule has 1 saturated heterocycles. The van der Waals surface area contributed by atoms with E-state index in [-0.39, 0.29) is 18.3 Å². The van der Waals surface area contributed by atoms with Crippen LogP contribution in [-0.2, 0) is 9.31 Å². The normalized spacial score (nSPS) is 17.2. The van der Waals surface area contributed by atoms with E-state index >= 15 is 0 Å². The van der Waals surface area contributed by atoms with Gasteiger partial charge >= 0.3 is 7.12 Å². The van der Waals surface area contributed by atoms with Crippen LogP contribution in [0.1, 0.15) is 38.1 Å². The van der Waals surface area contributed by atoms with Gasteiger partial charge in [-0.2, -0.15) is 0 Å². The zero-order chi connectivity index (χ0) is 25.2. The van der Waals surface area contributed by atoms with E-state index in [0.29, 0.717) is 0 Å². The summed E-state index contributed by atoms with van der Waals surface area (Å²) in [5.74, 6) is 0. The molecular formula is C31H30BNO2S. The van der Waals surface area contributed by atoms with Gasteiger partial charge in [-0.05, 0) is 76.0 Å². The van der Waals surface area contributed by atoms with Gasteiger partial charge in [0.2, 0.25) is 0 Å². The fraction of sp³-hybridized carbons (Fsp3) is 0.226. The lowest BCUT2D eigenvalue weighted by Gasteiger charge is -2.32. The first-order valence-electron chi connectivity index (χ1n) is 12.4. The molecule has 180 valence electrons. The highest BCUT2D eigenvalue weighted by molar-refractivity contribution is 7.19. The van der Waals surface area contributed by atoms with Crippen molar-refractivity contribution >= 4 is 61.9 Å². The maximum atomic E-state index is 6.36. The van der Waals surface area contributed by atoms with Gasteiger partial charge in [0.25, 0.3) is 0 Å². The molecule has 2 aromatic heterocycles. The van der Waals surface area contributed by atoms with Crippen molar-refractivity contribution in [2.75, 3.05) is 0 Å². The van der Waals surface area contributed by atoms with Crippen molar-refractivity contribution < 1.29 is 9.31 Å². The minimum absolute atomic E-state index is 0.369. The van der Waals surface area contributed by atoms with Crippen molar-refractivity contribution in [2.45, 2.75) is 45.8 Å². The van der Waals surface area contributed by atoms with E-state index < -0.39 is 0 Å². The minimum atomic E-state index is -0.383. The third-order valence-electron chi connectivity index (χ3n) is 7.77. The van der Waals surface area contributed by atoms with Gasteiger partial charge in [-0.3, -0.25) is 0 Å². The summed E-state index contributed by atoms with van der Waals surface area (Å²) in [6.07, 6.45) is 6.00. The molecule has 0 unspecified atom stereocenters. The topological polar surface area (TPSA) is 23.4 Å². The van der Waals surface area contributed by atoms with Gasteiger partial charge in [0, 0.05) is 31.4 Å². The van der Waals surface area contributed by atoms with Gasteiger partial charge in [0.05, 0.1) is 22.2 Å². The highest BCUT2D eigenvalue weighted by Gasteiger charge is 2.51. The smallest absolute Gasteiger partial charge is 0.399 e. The van der Waals surface area contributed by atoms with Crippen molar-refractivity contribution in [1.29, 1.82) is 0 Å². The number of nitrogens with zero attached hydrogens (tertiary/aromatic N) is 1. The van der Waals surface area contributed by atoms with Crippen LogP contribution in [0.2, 0.25) is 0 Å². The van der Waals surface area contributed by atoms with Crippen molar-refractivity contribution in [3.8, 4) is 5.69 Å². The van der Waals surface area contributed by atoms with Crippen LogP contribution in [0.25, 0.3) is 43.7 Å². The second-order valence-electron chi connectivity index (χ2n) is 10.6. The third-order valence-corrected chi connectivity index (χ3v) is 8.88. The minimum Gasteiger partial charge on any atom is -0.399 e.